The predicted molar refractivity (Wildman–Crippen MR) is 117 cm³/mol. The van der Waals surface area contributed by atoms with E-state index in [-0.39, 0.29) is 17.5 Å². The Labute approximate surface area is 178 Å². The van der Waals surface area contributed by atoms with Crippen molar-refractivity contribution in [1.29, 1.82) is 0 Å². The smallest absolute Gasteiger partial charge is 0.266 e. The number of aryl methyl sites for hydroxylation is 1. The molecule has 4 heterocycles. The van der Waals surface area contributed by atoms with Crippen LogP contribution in [0.15, 0.2) is 59.7 Å². The van der Waals surface area contributed by atoms with Crippen LogP contribution in [0.4, 0.5) is 0 Å². The number of imidazole rings is 1. The zero-order valence-corrected chi connectivity index (χ0v) is 17.2. The molecule has 1 unspecified atom stereocenters. The third-order valence-electron chi connectivity index (χ3n) is 5.71. The first-order valence-electron chi connectivity index (χ1n) is 10.3. The highest BCUT2D eigenvalue weighted by molar-refractivity contribution is 5.97. The van der Waals surface area contributed by atoms with E-state index >= 15 is 0 Å². The van der Waals surface area contributed by atoms with Gasteiger partial charge in [-0.1, -0.05) is 0 Å². The largest absolute Gasteiger partial charge is 0.342 e. The van der Waals surface area contributed by atoms with Crippen LogP contribution in [0.3, 0.4) is 0 Å². The van der Waals surface area contributed by atoms with Gasteiger partial charge in [-0.25, -0.2) is 9.67 Å². The number of benzene rings is 1. The molecule has 1 aliphatic rings. The van der Waals surface area contributed by atoms with Gasteiger partial charge in [-0.2, -0.15) is 5.10 Å². The van der Waals surface area contributed by atoms with E-state index in [9.17, 15) is 9.59 Å². The number of carbonyl (C=O) groups excluding carboxylic acids is 1. The van der Waals surface area contributed by atoms with Crippen molar-refractivity contribution in [2.24, 2.45) is 0 Å². The Morgan fingerprint density at radius 2 is 2.00 bits per heavy atom. The lowest BCUT2D eigenvalue weighted by atomic mass is 10.1. The average molecular weight is 414 g/mol. The molecule has 0 bridgehead atoms. The monoisotopic (exact) mass is 414 g/mol. The van der Waals surface area contributed by atoms with Crippen LogP contribution < -0.4 is 5.56 Å². The van der Waals surface area contributed by atoms with E-state index in [0.29, 0.717) is 24.3 Å². The van der Waals surface area contributed by atoms with Gasteiger partial charge < -0.3 is 9.88 Å². The van der Waals surface area contributed by atoms with Crippen molar-refractivity contribution in [2.45, 2.75) is 32.4 Å². The summed E-state index contributed by atoms with van der Waals surface area (Å²) in [5.74, 6) is 0.785. The Balaban J connectivity index is 1.40. The standard InChI is InChI=1S/C23H22N6O2/c1-15-25-20-5-4-17(13-21(20)26-15)23(31)28-12-2-3-18(28)14-29-22(30)7-6-19(27-29)16-8-10-24-11-9-16/h4-11,13,18H,2-3,12,14H2,1H3,(H,25,26). The molecule has 1 amide bonds. The van der Waals surface area contributed by atoms with Gasteiger partial charge in [-0.05, 0) is 56.2 Å². The molecule has 5 rings (SSSR count). The summed E-state index contributed by atoms with van der Waals surface area (Å²) in [4.78, 5) is 39.2. The first-order chi connectivity index (χ1) is 15.1. The minimum atomic E-state index is -0.175. The fourth-order valence-electron chi connectivity index (χ4n) is 4.18. The van der Waals surface area contributed by atoms with Crippen molar-refractivity contribution < 1.29 is 4.79 Å². The molecule has 1 saturated heterocycles. The van der Waals surface area contributed by atoms with Crippen molar-refractivity contribution in [3.8, 4) is 11.3 Å². The normalized spacial score (nSPS) is 16.2. The van der Waals surface area contributed by atoms with Crippen LogP contribution in [0.2, 0.25) is 0 Å². The summed E-state index contributed by atoms with van der Waals surface area (Å²) in [5.41, 5.74) is 3.74. The van der Waals surface area contributed by atoms with Crippen molar-refractivity contribution >= 4 is 16.9 Å². The molecule has 3 aromatic heterocycles. The summed E-state index contributed by atoms with van der Waals surface area (Å²) in [5, 5.41) is 4.54. The van der Waals surface area contributed by atoms with Crippen LogP contribution in [0.5, 0.6) is 0 Å². The number of carbonyl (C=O) groups is 1. The molecule has 8 heteroatoms. The van der Waals surface area contributed by atoms with Crippen LogP contribution in [0.25, 0.3) is 22.3 Å². The van der Waals surface area contributed by atoms with Gasteiger partial charge in [0.25, 0.3) is 11.5 Å². The number of fused-ring (bicyclic) bond motifs is 1. The van der Waals surface area contributed by atoms with Gasteiger partial charge in [0.1, 0.15) is 5.82 Å². The highest BCUT2D eigenvalue weighted by Crippen LogP contribution is 2.23. The zero-order chi connectivity index (χ0) is 21.4. The molecule has 1 atom stereocenters. The summed E-state index contributed by atoms with van der Waals surface area (Å²) < 4.78 is 1.47. The summed E-state index contributed by atoms with van der Waals surface area (Å²) in [6.07, 6.45) is 5.13. The lowest BCUT2D eigenvalue weighted by Gasteiger charge is -2.25. The molecular formula is C23H22N6O2. The predicted octanol–water partition coefficient (Wildman–Crippen LogP) is 2.79. The van der Waals surface area contributed by atoms with E-state index in [4.69, 9.17) is 0 Å². The zero-order valence-electron chi connectivity index (χ0n) is 17.2. The van der Waals surface area contributed by atoms with E-state index in [0.717, 1.165) is 35.3 Å². The van der Waals surface area contributed by atoms with E-state index in [2.05, 4.69) is 20.1 Å². The summed E-state index contributed by atoms with van der Waals surface area (Å²) in [6.45, 7) is 2.93. The number of nitrogens with one attached hydrogen (secondary N) is 1. The van der Waals surface area contributed by atoms with Gasteiger partial charge in [0, 0.05) is 36.1 Å². The molecule has 0 aliphatic carbocycles. The lowest BCUT2D eigenvalue weighted by Crippen LogP contribution is -2.40. The molecule has 8 nitrogen and oxygen atoms in total. The Morgan fingerprint density at radius 3 is 2.84 bits per heavy atom. The van der Waals surface area contributed by atoms with Crippen molar-refractivity contribution in [1.82, 2.24) is 29.6 Å². The number of pyridine rings is 1. The van der Waals surface area contributed by atoms with Crippen LogP contribution in [-0.4, -0.2) is 48.1 Å². The van der Waals surface area contributed by atoms with Gasteiger partial charge in [-0.3, -0.25) is 14.6 Å². The van der Waals surface area contributed by atoms with E-state index < -0.39 is 0 Å². The molecule has 1 N–H and O–H groups in total. The minimum Gasteiger partial charge on any atom is -0.342 e. The Bertz CT molecular complexity index is 1310. The number of aromatic nitrogens is 5. The molecule has 1 fully saturated rings. The van der Waals surface area contributed by atoms with E-state index in [1.54, 1.807) is 18.5 Å². The van der Waals surface area contributed by atoms with Gasteiger partial charge in [0.15, 0.2) is 0 Å². The quantitative estimate of drug-likeness (QED) is 0.554. The van der Waals surface area contributed by atoms with Crippen LogP contribution >= 0.6 is 0 Å². The van der Waals surface area contributed by atoms with Gasteiger partial charge in [-0.15, -0.1) is 0 Å². The number of aromatic amines is 1. The van der Waals surface area contributed by atoms with Crippen molar-refractivity contribution in [3.63, 3.8) is 0 Å². The Hall–Kier alpha value is -3.81. The summed E-state index contributed by atoms with van der Waals surface area (Å²) in [7, 11) is 0. The number of hydrogen-bond donors (Lipinski definition) is 1. The second kappa shape index (κ2) is 7.79. The first-order valence-corrected chi connectivity index (χ1v) is 10.3. The summed E-state index contributed by atoms with van der Waals surface area (Å²) >= 11 is 0. The Kier molecular flexibility index (Phi) is 4.82. The SMILES string of the molecule is Cc1nc2ccc(C(=O)N3CCCC3Cn3nc(-c4ccncc4)ccc3=O)cc2[nH]1. The van der Waals surface area contributed by atoms with Gasteiger partial charge >= 0.3 is 0 Å². The third-order valence-corrected chi connectivity index (χ3v) is 5.71. The Morgan fingerprint density at radius 1 is 1.16 bits per heavy atom. The molecule has 0 spiro atoms. The molecule has 31 heavy (non-hydrogen) atoms. The second-order valence-electron chi connectivity index (χ2n) is 7.82. The fraction of sp³-hybridized carbons (Fsp3) is 0.261. The highest BCUT2D eigenvalue weighted by atomic mass is 16.2. The minimum absolute atomic E-state index is 0.0324. The van der Waals surface area contributed by atoms with Gasteiger partial charge in [0.2, 0.25) is 0 Å². The van der Waals surface area contributed by atoms with E-state index in [1.165, 1.54) is 10.7 Å². The third kappa shape index (κ3) is 3.72. The molecule has 0 saturated carbocycles. The topological polar surface area (TPSA) is 96.8 Å². The molecule has 156 valence electrons. The molecule has 1 aromatic carbocycles. The highest BCUT2D eigenvalue weighted by Gasteiger charge is 2.30. The van der Waals surface area contributed by atoms with Crippen molar-refractivity contribution in [2.75, 3.05) is 6.54 Å². The fourth-order valence-corrected chi connectivity index (χ4v) is 4.18. The maximum absolute atomic E-state index is 13.2. The molecule has 1 aliphatic heterocycles. The molecular weight excluding hydrogens is 392 g/mol. The number of likely N-dealkylation sites (tertiary alicyclic amines) is 1. The lowest BCUT2D eigenvalue weighted by molar-refractivity contribution is 0.0720. The van der Waals surface area contributed by atoms with Crippen LogP contribution in [-0.2, 0) is 6.54 Å². The maximum Gasteiger partial charge on any atom is 0.266 e. The van der Waals surface area contributed by atoms with Crippen molar-refractivity contribution in [3.05, 3.63) is 76.6 Å². The number of H-pyrrole nitrogens is 1. The maximum atomic E-state index is 13.2. The van der Waals surface area contributed by atoms with Crippen LogP contribution in [0, 0.1) is 6.92 Å². The number of nitrogens with zero attached hydrogens (tertiary/aromatic N) is 5. The number of rotatable bonds is 4. The van der Waals surface area contributed by atoms with E-state index in [1.807, 2.05) is 42.2 Å². The average Bonchev–Trinajstić information content (AvgIpc) is 3.40. The molecule has 0 radical (unpaired) electrons. The second-order valence-corrected chi connectivity index (χ2v) is 7.82. The van der Waals surface area contributed by atoms with Gasteiger partial charge in [0.05, 0.1) is 29.3 Å². The number of amides is 1. The molecule has 4 aromatic rings. The number of hydrogen-bond acceptors (Lipinski definition) is 5. The van der Waals surface area contributed by atoms with Crippen LogP contribution in [0.1, 0.15) is 29.0 Å². The first kappa shape index (κ1) is 19.2. The summed E-state index contributed by atoms with van der Waals surface area (Å²) in [6, 6.07) is 12.4.